The van der Waals surface area contributed by atoms with Gasteiger partial charge in [-0.3, -0.25) is 4.79 Å². The highest BCUT2D eigenvalue weighted by Gasteiger charge is 2.32. The van der Waals surface area contributed by atoms with Crippen molar-refractivity contribution in [1.29, 1.82) is 0 Å². The molecular weight excluding hydrogens is 276 g/mol. The molecule has 1 amide bonds. The van der Waals surface area contributed by atoms with Crippen LogP contribution < -0.4 is 15.8 Å². The summed E-state index contributed by atoms with van der Waals surface area (Å²) >= 11 is 0. The first-order valence-corrected chi connectivity index (χ1v) is 8.20. The van der Waals surface area contributed by atoms with Crippen molar-refractivity contribution in [3.63, 3.8) is 0 Å². The molecule has 1 aromatic carbocycles. The third kappa shape index (κ3) is 4.23. The Morgan fingerprint density at radius 1 is 1.36 bits per heavy atom. The fraction of sp³-hybridized carbons (Fsp3) is 0.611. The maximum absolute atomic E-state index is 12.2. The van der Waals surface area contributed by atoms with Crippen LogP contribution in [0.4, 0.5) is 0 Å². The Balaban J connectivity index is 1.94. The molecule has 0 aliphatic heterocycles. The van der Waals surface area contributed by atoms with E-state index in [9.17, 15) is 4.79 Å². The van der Waals surface area contributed by atoms with E-state index in [0.29, 0.717) is 18.4 Å². The Labute approximate surface area is 133 Å². The van der Waals surface area contributed by atoms with E-state index in [0.717, 1.165) is 18.6 Å². The van der Waals surface area contributed by atoms with Crippen molar-refractivity contribution in [1.82, 2.24) is 5.32 Å². The van der Waals surface area contributed by atoms with E-state index in [-0.39, 0.29) is 11.9 Å². The molecule has 1 aromatic rings. The number of hydrogen-bond donors (Lipinski definition) is 2. The average molecular weight is 304 g/mol. The monoisotopic (exact) mass is 304 g/mol. The molecule has 0 radical (unpaired) electrons. The van der Waals surface area contributed by atoms with Gasteiger partial charge in [-0.25, -0.2) is 0 Å². The topological polar surface area (TPSA) is 64.3 Å². The lowest BCUT2D eigenvalue weighted by Crippen LogP contribution is -2.46. The minimum absolute atomic E-state index is 0.0867. The zero-order chi connectivity index (χ0) is 16.3. The summed E-state index contributed by atoms with van der Waals surface area (Å²) in [5.74, 6) is 1.68. The van der Waals surface area contributed by atoms with Crippen LogP contribution >= 0.6 is 0 Å². The van der Waals surface area contributed by atoms with Crippen LogP contribution in [0.3, 0.4) is 0 Å². The van der Waals surface area contributed by atoms with E-state index < -0.39 is 6.10 Å². The first-order valence-electron chi connectivity index (χ1n) is 8.20. The molecule has 0 aromatic heterocycles. The predicted molar refractivity (Wildman–Crippen MR) is 89.1 cm³/mol. The standard InChI is InChI=1S/C18H28N2O2/c1-11(2)16-8-7-15(9-12(16)3)22-13(4)18(21)20-17(10-19)14-5-6-14/h7-9,11,13-14,17H,5-6,10,19H2,1-4H3,(H,20,21). The number of carbonyl (C=O) groups excluding carboxylic acids is 1. The summed E-state index contributed by atoms with van der Waals surface area (Å²) < 4.78 is 5.78. The second-order valence-corrected chi connectivity index (χ2v) is 6.62. The third-order valence-corrected chi connectivity index (χ3v) is 4.32. The van der Waals surface area contributed by atoms with Crippen LogP contribution in [0.15, 0.2) is 18.2 Å². The summed E-state index contributed by atoms with van der Waals surface area (Å²) in [6.07, 6.45) is 1.80. The van der Waals surface area contributed by atoms with E-state index in [1.54, 1.807) is 6.92 Å². The lowest BCUT2D eigenvalue weighted by Gasteiger charge is -2.21. The second-order valence-electron chi connectivity index (χ2n) is 6.62. The van der Waals surface area contributed by atoms with Crippen molar-refractivity contribution in [2.75, 3.05) is 6.54 Å². The smallest absolute Gasteiger partial charge is 0.261 e. The number of nitrogens with one attached hydrogen (secondary N) is 1. The third-order valence-electron chi connectivity index (χ3n) is 4.32. The van der Waals surface area contributed by atoms with Gasteiger partial charge in [0.2, 0.25) is 0 Å². The summed E-state index contributed by atoms with van der Waals surface area (Å²) in [6, 6.07) is 6.10. The quantitative estimate of drug-likeness (QED) is 0.814. The van der Waals surface area contributed by atoms with Crippen LogP contribution in [-0.2, 0) is 4.79 Å². The number of aryl methyl sites for hydroxylation is 1. The van der Waals surface area contributed by atoms with Crippen molar-refractivity contribution >= 4 is 5.91 Å². The molecule has 3 N–H and O–H groups in total. The van der Waals surface area contributed by atoms with Crippen LogP contribution in [-0.4, -0.2) is 24.6 Å². The first-order chi connectivity index (χ1) is 10.4. The summed E-state index contributed by atoms with van der Waals surface area (Å²) in [5.41, 5.74) is 8.22. The summed E-state index contributed by atoms with van der Waals surface area (Å²) in [5, 5.41) is 3.00. The van der Waals surface area contributed by atoms with Crippen LogP contribution in [0.25, 0.3) is 0 Å². The molecule has 4 heteroatoms. The van der Waals surface area contributed by atoms with E-state index in [1.165, 1.54) is 11.1 Å². The van der Waals surface area contributed by atoms with Gasteiger partial charge in [-0.05, 0) is 61.8 Å². The number of amides is 1. The highest BCUT2D eigenvalue weighted by molar-refractivity contribution is 5.81. The van der Waals surface area contributed by atoms with Gasteiger partial charge in [0.15, 0.2) is 6.10 Å². The number of ether oxygens (including phenoxy) is 1. The number of hydrogen-bond acceptors (Lipinski definition) is 3. The van der Waals surface area contributed by atoms with Crippen molar-refractivity contribution in [3.8, 4) is 5.75 Å². The molecule has 1 aliphatic carbocycles. The Hall–Kier alpha value is -1.55. The fourth-order valence-electron chi connectivity index (χ4n) is 2.79. The fourth-order valence-corrected chi connectivity index (χ4v) is 2.79. The minimum atomic E-state index is -0.517. The van der Waals surface area contributed by atoms with E-state index in [2.05, 4.69) is 32.2 Å². The van der Waals surface area contributed by atoms with Crippen molar-refractivity contribution < 1.29 is 9.53 Å². The molecule has 4 nitrogen and oxygen atoms in total. The molecule has 2 unspecified atom stereocenters. The number of carbonyl (C=O) groups is 1. The molecule has 0 heterocycles. The molecule has 0 spiro atoms. The second kappa shape index (κ2) is 7.14. The lowest BCUT2D eigenvalue weighted by molar-refractivity contribution is -0.128. The number of rotatable bonds is 7. The van der Waals surface area contributed by atoms with E-state index in [1.807, 2.05) is 12.1 Å². The van der Waals surface area contributed by atoms with Crippen molar-refractivity contribution in [2.24, 2.45) is 11.7 Å². The van der Waals surface area contributed by atoms with Crippen LogP contribution in [0.1, 0.15) is 50.7 Å². The Morgan fingerprint density at radius 3 is 2.55 bits per heavy atom. The first kappa shape index (κ1) is 16.8. The molecule has 0 bridgehead atoms. The van der Waals surface area contributed by atoms with E-state index in [4.69, 9.17) is 10.5 Å². The van der Waals surface area contributed by atoms with Gasteiger partial charge < -0.3 is 15.8 Å². The summed E-state index contributed by atoms with van der Waals surface area (Å²) in [7, 11) is 0. The number of benzene rings is 1. The van der Waals surface area contributed by atoms with Crippen LogP contribution in [0, 0.1) is 12.8 Å². The van der Waals surface area contributed by atoms with Gasteiger partial charge in [0.05, 0.1) is 0 Å². The van der Waals surface area contributed by atoms with Gasteiger partial charge in [-0.15, -0.1) is 0 Å². The van der Waals surface area contributed by atoms with Crippen LogP contribution in [0.2, 0.25) is 0 Å². The Bertz CT molecular complexity index is 524. The zero-order valence-corrected chi connectivity index (χ0v) is 14.1. The highest BCUT2D eigenvalue weighted by atomic mass is 16.5. The summed E-state index contributed by atoms with van der Waals surface area (Å²) in [4.78, 5) is 12.2. The number of nitrogens with two attached hydrogens (primary N) is 1. The van der Waals surface area contributed by atoms with Gasteiger partial charge in [-0.1, -0.05) is 19.9 Å². The SMILES string of the molecule is Cc1cc(OC(C)C(=O)NC(CN)C2CC2)ccc1C(C)C. The summed E-state index contributed by atoms with van der Waals surface area (Å²) in [6.45, 7) is 8.69. The van der Waals surface area contributed by atoms with E-state index >= 15 is 0 Å². The van der Waals surface area contributed by atoms with Gasteiger partial charge in [0, 0.05) is 12.6 Å². The molecular formula is C18H28N2O2. The van der Waals surface area contributed by atoms with Crippen molar-refractivity contribution in [2.45, 2.75) is 58.6 Å². The molecule has 0 saturated heterocycles. The average Bonchev–Trinajstić information content (AvgIpc) is 3.28. The Morgan fingerprint density at radius 2 is 2.05 bits per heavy atom. The predicted octanol–water partition coefficient (Wildman–Crippen LogP) is 2.74. The van der Waals surface area contributed by atoms with Crippen LogP contribution in [0.5, 0.6) is 5.75 Å². The van der Waals surface area contributed by atoms with Gasteiger partial charge in [-0.2, -0.15) is 0 Å². The molecule has 122 valence electrons. The molecule has 22 heavy (non-hydrogen) atoms. The molecule has 1 aliphatic rings. The molecule has 1 fully saturated rings. The molecule has 2 atom stereocenters. The lowest BCUT2D eigenvalue weighted by atomic mass is 9.98. The Kier molecular flexibility index (Phi) is 5.46. The highest BCUT2D eigenvalue weighted by Crippen LogP contribution is 2.32. The zero-order valence-electron chi connectivity index (χ0n) is 14.1. The van der Waals surface area contributed by atoms with Gasteiger partial charge >= 0.3 is 0 Å². The van der Waals surface area contributed by atoms with Crippen molar-refractivity contribution in [3.05, 3.63) is 29.3 Å². The maximum atomic E-state index is 12.2. The molecule has 2 rings (SSSR count). The normalized spacial score (nSPS) is 17.2. The largest absolute Gasteiger partial charge is 0.481 e. The molecule has 1 saturated carbocycles. The maximum Gasteiger partial charge on any atom is 0.261 e. The van der Waals surface area contributed by atoms with Gasteiger partial charge in [0.25, 0.3) is 5.91 Å². The minimum Gasteiger partial charge on any atom is -0.481 e. The van der Waals surface area contributed by atoms with Gasteiger partial charge in [0.1, 0.15) is 5.75 Å².